The number of hydrogen-bond acceptors (Lipinski definition) is 4. The number of hydrogen-bond donors (Lipinski definition) is 1. The fourth-order valence-electron chi connectivity index (χ4n) is 2.66. The van der Waals surface area contributed by atoms with E-state index in [0.717, 1.165) is 17.7 Å². The van der Waals surface area contributed by atoms with Crippen LogP contribution in [0.1, 0.15) is 49.2 Å². The monoisotopic (exact) mass is 429 g/mol. The van der Waals surface area contributed by atoms with Crippen LogP contribution >= 0.6 is 7.60 Å². The third-order valence-corrected chi connectivity index (χ3v) is 6.30. The number of anilines is 1. The van der Waals surface area contributed by atoms with E-state index in [0.29, 0.717) is 18.4 Å². The molecule has 1 atom stereocenters. The number of alkyl halides is 3. The quantitative estimate of drug-likeness (QED) is 0.407. The second kappa shape index (κ2) is 10.3. The summed E-state index contributed by atoms with van der Waals surface area (Å²) in [6, 6.07) is 12.0. The van der Waals surface area contributed by atoms with Gasteiger partial charge in [-0.25, -0.2) is 0 Å². The molecule has 0 aliphatic rings. The van der Waals surface area contributed by atoms with Crippen LogP contribution in [0, 0.1) is 6.92 Å². The van der Waals surface area contributed by atoms with Crippen LogP contribution in [0.25, 0.3) is 0 Å². The Hall–Kier alpha value is -1.82. The van der Waals surface area contributed by atoms with Crippen LogP contribution in [-0.2, 0) is 19.8 Å². The highest BCUT2D eigenvalue weighted by Crippen LogP contribution is 2.61. The molecule has 0 saturated carbocycles. The van der Waals surface area contributed by atoms with Gasteiger partial charge in [0.05, 0.1) is 18.8 Å². The van der Waals surface area contributed by atoms with E-state index in [1.54, 1.807) is 12.1 Å². The molecule has 29 heavy (non-hydrogen) atoms. The van der Waals surface area contributed by atoms with Crippen LogP contribution < -0.4 is 5.32 Å². The number of rotatable bonds is 10. The number of nitrogens with one attached hydrogen (secondary N) is 1. The Balaban J connectivity index is 2.46. The molecule has 0 heterocycles. The van der Waals surface area contributed by atoms with Crippen molar-refractivity contribution in [2.45, 2.75) is 45.6 Å². The lowest BCUT2D eigenvalue weighted by Crippen LogP contribution is -2.16. The number of benzene rings is 2. The molecule has 4 nitrogen and oxygen atoms in total. The van der Waals surface area contributed by atoms with Crippen LogP contribution in [0.4, 0.5) is 18.9 Å². The Morgan fingerprint density at radius 3 is 2.10 bits per heavy atom. The number of halogens is 3. The highest BCUT2D eigenvalue weighted by atomic mass is 31.2. The van der Waals surface area contributed by atoms with Gasteiger partial charge in [0.1, 0.15) is 0 Å². The lowest BCUT2D eigenvalue weighted by atomic mass is 10.1. The molecule has 0 aliphatic heterocycles. The molecule has 0 saturated heterocycles. The first-order chi connectivity index (χ1) is 13.7. The molecule has 8 heteroatoms. The van der Waals surface area contributed by atoms with Gasteiger partial charge in [-0.2, -0.15) is 13.2 Å². The zero-order chi connectivity index (χ0) is 21.5. The summed E-state index contributed by atoms with van der Waals surface area (Å²) >= 11 is 0. The van der Waals surface area contributed by atoms with Gasteiger partial charge in [0, 0.05) is 5.69 Å². The summed E-state index contributed by atoms with van der Waals surface area (Å²) in [6.45, 7) is 6.11. The van der Waals surface area contributed by atoms with Crippen LogP contribution in [0.5, 0.6) is 0 Å². The summed E-state index contributed by atoms with van der Waals surface area (Å²) in [7, 11) is -3.71. The van der Waals surface area contributed by atoms with Gasteiger partial charge >= 0.3 is 13.8 Å². The lowest BCUT2D eigenvalue weighted by Gasteiger charge is -2.29. The summed E-state index contributed by atoms with van der Waals surface area (Å²) in [6.07, 6.45) is -3.22. The predicted molar refractivity (Wildman–Crippen MR) is 109 cm³/mol. The van der Waals surface area contributed by atoms with Crippen molar-refractivity contribution in [3.05, 3.63) is 65.2 Å². The maximum Gasteiger partial charge on any atom is 0.416 e. The van der Waals surface area contributed by atoms with E-state index in [2.05, 4.69) is 5.32 Å². The Kier molecular flexibility index (Phi) is 8.32. The van der Waals surface area contributed by atoms with Crippen LogP contribution in [0.3, 0.4) is 0 Å². The average molecular weight is 429 g/mol. The zero-order valence-electron chi connectivity index (χ0n) is 16.8. The molecule has 2 rings (SSSR count). The Morgan fingerprint density at radius 2 is 1.59 bits per heavy atom. The van der Waals surface area contributed by atoms with Gasteiger partial charge in [-0.1, -0.05) is 49.7 Å². The van der Waals surface area contributed by atoms with Crippen molar-refractivity contribution in [1.82, 2.24) is 0 Å². The SMILES string of the molecule is CCCOP(=O)(OCCC)[C@H](Nc1cccc(C(F)(F)F)c1)c1ccc(C)cc1. The van der Waals surface area contributed by atoms with Gasteiger partial charge in [0.2, 0.25) is 0 Å². The third-order valence-electron chi connectivity index (χ3n) is 4.15. The van der Waals surface area contributed by atoms with Gasteiger partial charge in [0.15, 0.2) is 5.78 Å². The molecular formula is C21H27F3NO3P. The maximum absolute atomic E-state index is 13.7. The molecule has 0 aromatic heterocycles. The minimum atomic E-state index is -4.47. The van der Waals surface area contributed by atoms with E-state index in [-0.39, 0.29) is 18.9 Å². The minimum absolute atomic E-state index is 0.186. The van der Waals surface area contributed by atoms with Crippen molar-refractivity contribution in [2.24, 2.45) is 0 Å². The van der Waals surface area contributed by atoms with Gasteiger partial charge in [0.25, 0.3) is 0 Å². The topological polar surface area (TPSA) is 47.6 Å². The van der Waals surface area contributed by atoms with Crippen molar-refractivity contribution >= 4 is 13.3 Å². The highest BCUT2D eigenvalue weighted by molar-refractivity contribution is 7.54. The molecule has 0 aliphatic carbocycles. The summed E-state index contributed by atoms with van der Waals surface area (Å²) in [5.41, 5.74) is 1.02. The van der Waals surface area contributed by atoms with Crippen molar-refractivity contribution in [2.75, 3.05) is 18.5 Å². The van der Waals surface area contributed by atoms with Gasteiger partial charge in [-0.3, -0.25) is 4.57 Å². The Morgan fingerprint density at radius 1 is 1.00 bits per heavy atom. The van der Waals surface area contributed by atoms with Crippen molar-refractivity contribution in [3.8, 4) is 0 Å². The molecule has 0 unspecified atom stereocenters. The first kappa shape index (κ1) is 23.5. The van der Waals surface area contributed by atoms with Gasteiger partial charge < -0.3 is 14.4 Å². The normalized spacial score (nSPS) is 13.3. The molecule has 2 aromatic rings. The van der Waals surface area contributed by atoms with Gasteiger partial charge in [-0.05, 0) is 43.5 Å². The largest absolute Gasteiger partial charge is 0.416 e. The van der Waals surface area contributed by atoms with Crippen molar-refractivity contribution in [1.29, 1.82) is 0 Å². The predicted octanol–water partition coefficient (Wildman–Crippen LogP) is 7.17. The fourth-order valence-corrected chi connectivity index (χ4v) is 4.75. The molecular weight excluding hydrogens is 402 g/mol. The van der Waals surface area contributed by atoms with Crippen LogP contribution in [0.2, 0.25) is 0 Å². The standard InChI is InChI=1S/C21H27F3NO3P/c1-4-13-27-29(26,28-14-5-2)20(17-11-9-16(3)10-12-17)25-19-8-6-7-18(15-19)21(22,23)24/h6-12,15,20,25H,4-5,13-14H2,1-3H3/t20-/m0/s1. The van der Waals surface area contributed by atoms with E-state index in [9.17, 15) is 17.7 Å². The van der Waals surface area contributed by atoms with E-state index in [1.165, 1.54) is 12.1 Å². The van der Waals surface area contributed by atoms with E-state index >= 15 is 0 Å². The highest BCUT2D eigenvalue weighted by Gasteiger charge is 2.38. The van der Waals surface area contributed by atoms with Crippen LogP contribution in [-0.4, -0.2) is 13.2 Å². The molecule has 1 N–H and O–H groups in total. The average Bonchev–Trinajstić information content (AvgIpc) is 2.69. The van der Waals surface area contributed by atoms with Crippen molar-refractivity contribution < 1.29 is 26.8 Å². The molecule has 2 aromatic carbocycles. The van der Waals surface area contributed by atoms with Crippen LogP contribution in [0.15, 0.2) is 48.5 Å². The Labute approximate surface area is 170 Å². The second-order valence-corrected chi connectivity index (χ2v) is 8.85. The fraction of sp³-hybridized carbons (Fsp3) is 0.429. The first-order valence-electron chi connectivity index (χ1n) is 9.58. The second-order valence-electron chi connectivity index (χ2n) is 6.74. The molecule has 160 valence electrons. The van der Waals surface area contributed by atoms with E-state index in [1.807, 2.05) is 32.9 Å². The van der Waals surface area contributed by atoms with E-state index < -0.39 is 25.1 Å². The minimum Gasteiger partial charge on any atom is -0.368 e. The summed E-state index contributed by atoms with van der Waals surface area (Å²) in [5.74, 6) is -0.940. The first-order valence-corrected chi connectivity index (χ1v) is 11.2. The molecule has 0 bridgehead atoms. The number of aryl methyl sites for hydroxylation is 1. The molecule has 0 radical (unpaired) electrons. The molecule has 0 fully saturated rings. The van der Waals surface area contributed by atoms with E-state index in [4.69, 9.17) is 9.05 Å². The van der Waals surface area contributed by atoms with Gasteiger partial charge in [-0.15, -0.1) is 0 Å². The molecule has 0 amide bonds. The summed E-state index contributed by atoms with van der Waals surface area (Å²) in [4.78, 5) is 0. The Bertz CT molecular complexity index is 813. The van der Waals surface area contributed by atoms with Crippen molar-refractivity contribution in [3.63, 3.8) is 0 Å². The summed E-state index contributed by atoms with van der Waals surface area (Å²) < 4.78 is 64.3. The zero-order valence-corrected chi connectivity index (χ0v) is 17.7. The maximum atomic E-state index is 13.7. The lowest BCUT2D eigenvalue weighted by molar-refractivity contribution is -0.137. The molecule has 0 spiro atoms. The third kappa shape index (κ3) is 6.59. The summed E-state index contributed by atoms with van der Waals surface area (Å²) in [5, 5.41) is 2.97. The smallest absolute Gasteiger partial charge is 0.368 e.